The highest BCUT2D eigenvalue weighted by Crippen LogP contribution is 2.20. The topological polar surface area (TPSA) is 52.2 Å². The summed E-state index contributed by atoms with van der Waals surface area (Å²) in [5, 5.41) is 4.09. The van der Waals surface area contributed by atoms with E-state index in [-0.39, 0.29) is 5.78 Å². The highest BCUT2D eigenvalue weighted by atomic mass is 32.1. The fourth-order valence-electron chi connectivity index (χ4n) is 3.06. The molecule has 6 heteroatoms. The molecule has 3 aromatic rings. The quantitative estimate of drug-likeness (QED) is 0.749. The minimum absolute atomic E-state index is 0.185. The van der Waals surface area contributed by atoms with Gasteiger partial charge in [-0.3, -0.25) is 9.69 Å². The third-order valence-electron chi connectivity index (χ3n) is 4.32. The third-order valence-corrected chi connectivity index (χ3v) is 5.15. The van der Waals surface area contributed by atoms with Gasteiger partial charge in [0, 0.05) is 60.4 Å². The number of rotatable bonds is 4. The molecule has 1 aliphatic heterocycles. The minimum Gasteiger partial charge on any atom is -0.360 e. The maximum absolute atomic E-state index is 12.6. The standard InChI is InChI=1S/C17H18N4OS/c22-16(14-11-19-15-4-2-1-3-13(14)15)12-20-6-8-21(9-7-20)17-18-5-10-23-17/h1-5,10-11,19H,6-9,12H2. The van der Waals surface area contributed by atoms with Crippen LogP contribution in [0.15, 0.2) is 42.0 Å². The summed E-state index contributed by atoms with van der Waals surface area (Å²) in [4.78, 5) is 24.7. The number of ketones is 1. The number of fused-ring (bicyclic) bond motifs is 1. The van der Waals surface area contributed by atoms with Gasteiger partial charge in [0.1, 0.15) is 0 Å². The van der Waals surface area contributed by atoms with Crippen molar-refractivity contribution in [3.8, 4) is 0 Å². The monoisotopic (exact) mass is 326 g/mol. The molecule has 1 aromatic carbocycles. The lowest BCUT2D eigenvalue weighted by Crippen LogP contribution is -2.47. The van der Waals surface area contributed by atoms with Crippen LogP contribution >= 0.6 is 11.3 Å². The van der Waals surface area contributed by atoms with Crippen molar-refractivity contribution < 1.29 is 4.79 Å². The molecule has 0 atom stereocenters. The summed E-state index contributed by atoms with van der Waals surface area (Å²) >= 11 is 1.67. The number of hydrogen-bond donors (Lipinski definition) is 1. The molecule has 23 heavy (non-hydrogen) atoms. The van der Waals surface area contributed by atoms with Crippen molar-refractivity contribution in [2.45, 2.75) is 0 Å². The first-order valence-electron chi connectivity index (χ1n) is 7.77. The lowest BCUT2D eigenvalue weighted by molar-refractivity contribution is 0.0928. The maximum Gasteiger partial charge on any atom is 0.185 e. The maximum atomic E-state index is 12.6. The van der Waals surface area contributed by atoms with Crippen molar-refractivity contribution in [2.24, 2.45) is 0 Å². The molecule has 1 N–H and O–H groups in total. The van der Waals surface area contributed by atoms with Gasteiger partial charge in [-0.05, 0) is 6.07 Å². The van der Waals surface area contributed by atoms with Gasteiger partial charge in [0.2, 0.25) is 0 Å². The molecule has 0 spiro atoms. The van der Waals surface area contributed by atoms with Crippen molar-refractivity contribution in [1.29, 1.82) is 0 Å². The van der Waals surface area contributed by atoms with Gasteiger partial charge in [0.25, 0.3) is 0 Å². The fraction of sp³-hybridized carbons (Fsp3) is 0.294. The average molecular weight is 326 g/mol. The van der Waals surface area contributed by atoms with Crippen LogP contribution in [0.3, 0.4) is 0 Å². The number of Topliss-reactive ketones (excluding diaryl/α,β-unsaturated/α-hetero) is 1. The van der Waals surface area contributed by atoms with E-state index in [0.29, 0.717) is 6.54 Å². The van der Waals surface area contributed by atoms with Gasteiger partial charge >= 0.3 is 0 Å². The Morgan fingerprint density at radius 3 is 2.83 bits per heavy atom. The minimum atomic E-state index is 0.185. The number of para-hydroxylation sites is 1. The third kappa shape index (κ3) is 2.87. The van der Waals surface area contributed by atoms with Gasteiger partial charge in [-0.2, -0.15) is 0 Å². The first kappa shape index (κ1) is 14.4. The Morgan fingerprint density at radius 2 is 2.04 bits per heavy atom. The van der Waals surface area contributed by atoms with E-state index in [1.165, 1.54) is 0 Å². The molecule has 0 aliphatic carbocycles. The number of benzene rings is 1. The van der Waals surface area contributed by atoms with Crippen LogP contribution in [0.25, 0.3) is 10.9 Å². The highest BCUT2D eigenvalue weighted by Gasteiger charge is 2.21. The largest absolute Gasteiger partial charge is 0.360 e. The molecule has 2 aromatic heterocycles. The number of piperazine rings is 1. The summed E-state index contributed by atoms with van der Waals surface area (Å²) in [5.74, 6) is 0.185. The number of anilines is 1. The number of carbonyl (C=O) groups is 1. The molecule has 1 saturated heterocycles. The second kappa shape index (κ2) is 6.14. The normalized spacial score (nSPS) is 16.1. The van der Waals surface area contributed by atoms with E-state index < -0.39 is 0 Å². The molecule has 0 saturated carbocycles. The summed E-state index contributed by atoms with van der Waals surface area (Å²) in [6, 6.07) is 7.95. The van der Waals surface area contributed by atoms with E-state index in [4.69, 9.17) is 0 Å². The first-order chi connectivity index (χ1) is 11.3. The van der Waals surface area contributed by atoms with Crippen LogP contribution in [0.5, 0.6) is 0 Å². The molecule has 0 amide bonds. The Kier molecular flexibility index (Phi) is 3.85. The number of hydrogen-bond acceptors (Lipinski definition) is 5. The first-order valence-corrected chi connectivity index (χ1v) is 8.65. The van der Waals surface area contributed by atoms with Crippen LogP contribution in [-0.2, 0) is 0 Å². The van der Waals surface area contributed by atoms with E-state index in [1.807, 2.05) is 42.0 Å². The Morgan fingerprint density at radius 1 is 1.22 bits per heavy atom. The lowest BCUT2D eigenvalue weighted by atomic mass is 10.1. The molecule has 0 radical (unpaired) electrons. The van der Waals surface area contributed by atoms with Crippen LogP contribution in [0, 0.1) is 0 Å². The Balaban J connectivity index is 1.40. The number of H-pyrrole nitrogens is 1. The molecular weight excluding hydrogens is 308 g/mol. The summed E-state index contributed by atoms with van der Waals surface area (Å²) in [7, 11) is 0. The zero-order valence-electron chi connectivity index (χ0n) is 12.7. The molecular formula is C17H18N4OS. The highest BCUT2D eigenvalue weighted by molar-refractivity contribution is 7.13. The van der Waals surface area contributed by atoms with Crippen LogP contribution in [-0.4, -0.2) is 53.4 Å². The van der Waals surface area contributed by atoms with Gasteiger partial charge in [-0.15, -0.1) is 11.3 Å². The van der Waals surface area contributed by atoms with E-state index in [0.717, 1.165) is 47.8 Å². The molecule has 1 fully saturated rings. The zero-order chi connectivity index (χ0) is 15.6. The van der Waals surface area contributed by atoms with Gasteiger partial charge in [0.15, 0.2) is 10.9 Å². The molecule has 118 valence electrons. The summed E-state index contributed by atoms with van der Waals surface area (Å²) in [5.41, 5.74) is 1.81. The van der Waals surface area contributed by atoms with Gasteiger partial charge in [-0.25, -0.2) is 4.98 Å². The van der Waals surface area contributed by atoms with Crippen molar-refractivity contribution in [3.63, 3.8) is 0 Å². The molecule has 0 bridgehead atoms. The van der Waals surface area contributed by atoms with E-state index in [1.54, 1.807) is 11.3 Å². The number of thiazole rings is 1. The predicted molar refractivity (Wildman–Crippen MR) is 93.4 cm³/mol. The van der Waals surface area contributed by atoms with Crippen LogP contribution in [0.1, 0.15) is 10.4 Å². The van der Waals surface area contributed by atoms with Gasteiger partial charge < -0.3 is 9.88 Å². The van der Waals surface area contributed by atoms with Crippen molar-refractivity contribution in [2.75, 3.05) is 37.6 Å². The number of aromatic nitrogens is 2. The van der Waals surface area contributed by atoms with E-state index >= 15 is 0 Å². The van der Waals surface area contributed by atoms with Crippen LogP contribution in [0.2, 0.25) is 0 Å². The second-order valence-corrected chi connectivity index (χ2v) is 6.62. The zero-order valence-corrected chi connectivity index (χ0v) is 13.6. The number of aromatic amines is 1. The van der Waals surface area contributed by atoms with Crippen LogP contribution in [0.4, 0.5) is 5.13 Å². The van der Waals surface area contributed by atoms with Crippen molar-refractivity contribution in [3.05, 3.63) is 47.6 Å². The Hall–Kier alpha value is -2.18. The number of nitrogens with zero attached hydrogens (tertiary/aromatic N) is 3. The Labute approximate surface area is 138 Å². The van der Waals surface area contributed by atoms with E-state index in [9.17, 15) is 4.79 Å². The lowest BCUT2D eigenvalue weighted by Gasteiger charge is -2.34. The molecule has 1 aliphatic rings. The predicted octanol–water partition coefficient (Wildman–Crippen LogP) is 2.63. The fourth-order valence-corrected chi connectivity index (χ4v) is 3.76. The van der Waals surface area contributed by atoms with Crippen LogP contribution < -0.4 is 4.90 Å². The SMILES string of the molecule is O=C(CN1CCN(c2nccs2)CC1)c1c[nH]c2ccccc12. The summed E-state index contributed by atoms with van der Waals surface area (Å²) in [6.07, 6.45) is 3.67. The average Bonchev–Trinajstić information content (AvgIpc) is 3.25. The van der Waals surface area contributed by atoms with Gasteiger partial charge in [0.05, 0.1) is 6.54 Å². The van der Waals surface area contributed by atoms with Crippen molar-refractivity contribution in [1.82, 2.24) is 14.9 Å². The molecule has 3 heterocycles. The number of carbonyl (C=O) groups excluding carboxylic acids is 1. The van der Waals surface area contributed by atoms with Crippen molar-refractivity contribution >= 4 is 33.2 Å². The smallest absolute Gasteiger partial charge is 0.185 e. The van der Waals surface area contributed by atoms with Gasteiger partial charge in [-0.1, -0.05) is 18.2 Å². The summed E-state index contributed by atoms with van der Waals surface area (Å²) < 4.78 is 0. The Bertz CT molecular complexity index is 803. The second-order valence-electron chi connectivity index (χ2n) is 5.75. The summed E-state index contributed by atoms with van der Waals surface area (Å²) in [6.45, 7) is 4.12. The molecule has 4 rings (SSSR count). The molecule has 5 nitrogen and oxygen atoms in total. The number of nitrogens with one attached hydrogen (secondary N) is 1. The molecule has 0 unspecified atom stereocenters. The van der Waals surface area contributed by atoms with E-state index in [2.05, 4.69) is 19.8 Å².